The quantitative estimate of drug-likeness (QED) is 0.583. The highest BCUT2D eigenvalue weighted by Crippen LogP contribution is 2.48. The zero-order valence-electron chi connectivity index (χ0n) is 15.3. The lowest BCUT2D eigenvalue weighted by Gasteiger charge is -2.30. The van der Waals surface area contributed by atoms with Crippen molar-refractivity contribution in [3.05, 3.63) is 102 Å². The molecular weight excluding hydrogens is 363 g/mol. The number of nitrogens with two attached hydrogens (primary N) is 1. The monoisotopic (exact) mass is 385 g/mol. The maximum absolute atomic E-state index is 14.2. The maximum atomic E-state index is 14.2. The minimum Gasteiger partial charge on any atom is -0.492 e. The summed E-state index contributed by atoms with van der Waals surface area (Å²) in [6, 6.07) is 23.7. The Morgan fingerprint density at radius 2 is 1.21 bits per heavy atom. The largest absolute Gasteiger partial charge is 0.492 e. The van der Waals surface area contributed by atoms with Crippen molar-refractivity contribution in [2.45, 2.75) is 18.0 Å². The van der Waals surface area contributed by atoms with Crippen LogP contribution in [0.5, 0.6) is 5.75 Å². The minimum absolute atomic E-state index is 0.243. The molecule has 3 aromatic carbocycles. The number of hydrogen-bond acceptors (Lipinski definition) is 2. The van der Waals surface area contributed by atoms with E-state index < -0.39 is 18.0 Å². The summed E-state index contributed by atoms with van der Waals surface area (Å²) in [6.45, 7) is 0.731. The van der Waals surface area contributed by atoms with Crippen LogP contribution >= 0.6 is 0 Å². The van der Waals surface area contributed by atoms with Gasteiger partial charge in [-0.15, -0.1) is 0 Å². The maximum Gasteiger partial charge on any atom is 0.396 e. The Balaban J connectivity index is 2.08. The molecule has 0 bridgehead atoms. The van der Waals surface area contributed by atoms with Crippen LogP contribution in [0.25, 0.3) is 0 Å². The van der Waals surface area contributed by atoms with Gasteiger partial charge in [0.25, 0.3) is 0 Å². The van der Waals surface area contributed by atoms with Gasteiger partial charge in [-0.3, -0.25) is 0 Å². The Kier molecular flexibility index (Phi) is 6.37. The van der Waals surface area contributed by atoms with Gasteiger partial charge in [0, 0.05) is 12.5 Å². The Labute approximate surface area is 162 Å². The summed E-state index contributed by atoms with van der Waals surface area (Å²) < 4.78 is 48.2. The first kappa shape index (κ1) is 20.0. The van der Waals surface area contributed by atoms with Gasteiger partial charge in [0.15, 0.2) is 0 Å². The molecular formula is C23H22F3NO. The fourth-order valence-corrected chi connectivity index (χ4v) is 3.42. The molecule has 0 heterocycles. The molecule has 0 aliphatic heterocycles. The first-order chi connectivity index (χ1) is 13.5. The summed E-state index contributed by atoms with van der Waals surface area (Å²) in [7, 11) is 0. The van der Waals surface area contributed by atoms with E-state index >= 15 is 0 Å². The van der Waals surface area contributed by atoms with Gasteiger partial charge in [0.05, 0.1) is 5.92 Å². The third kappa shape index (κ3) is 4.73. The van der Waals surface area contributed by atoms with Crippen molar-refractivity contribution in [1.29, 1.82) is 0 Å². The van der Waals surface area contributed by atoms with Gasteiger partial charge in [-0.25, -0.2) is 0 Å². The first-order valence-electron chi connectivity index (χ1n) is 9.10. The van der Waals surface area contributed by atoms with Crippen molar-refractivity contribution >= 4 is 0 Å². The van der Waals surface area contributed by atoms with E-state index in [2.05, 4.69) is 0 Å². The van der Waals surface area contributed by atoms with Crippen LogP contribution in [0.3, 0.4) is 0 Å². The molecule has 0 radical (unpaired) electrons. The number of benzene rings is 3. The summed E-state index contributed by atoms with van der Waals surface area (Å²) in [5, 5.41) is 0. The van der Waals surface area contributed by atoms with Gasteiger partial charge in [-0.05, 0) is 28.8 Å². The van der Waals surface area contributed by atoms with Crippen molar-refractivity contribution in [3.8, 4) is 5.75 Å². The number of ether oxygens (including phenoxy) is 1. The zero-order valence-corrected chi connectivity index (χ0v) is 15.3. The molecule has 0 saturated heterocycles. The van der Waals surface area contributed by atoms with E-state index in [-0.39, 0.29) is 5.56 Å². The second-order valence-electron chi connectivity index (χ2n) is 6.52. The number of alkyl halides is 3. The second kappa shape index (κ2) is 8.93. The Hall–Kier alpha value is -2.79. The van der Waals surface area contributed by atoms with Gasteiger partial charge >= 0.3 is 6.18 Å². The molecule has 5 heteroatoms. The van der Waals surface area contributed by atoms with Crippen LogP contribution in [0.2, 0.25) is 0 Å². The highest BCUT2D eigenvalue weighted by Gasteiger charge is 2.46. The Morgan fingerprint density at radius 1 is 0.714 bits per heavy atom. The van der Waals surface area contributed by atoms with E-state index in [1.807, 2.05) is 0 Å². The van der Waals surface area contributed by atoms with E-state index in [1.54, 1.807) is 72.8 Å². The molecule has 0 saturated carbocycles. The van der Waals surface area contributed by atoms with E-state index in [4.69, 9.17) is 10.5 Å². The van der Waals surface area contributed by atoms with Gasteiger partial charge < -0.3 is 10.5 Å². The molecule has 146 valence electrons. The molecule has 0 spiro atoms. The lowest BCUT2D eigenvalue weighted by molar-refractivity contribution is -0.153. The van der Waals surface area contributed by atoms with Crippen LogP contribution in [0.15, 0.2) is 84.9 Å². The van der Waals surface area contributed by atoms with Gasteiger partial charge in [-0.1, -0.05) is 72.8 Å². The molecule has 0 fully saturated rings. The molecule has 0 aliphatic carbocycles. The minimum atomic E-state index is -4.41. The smallest absolute Gasteiger partial charge is 0.396 e. The van der Waals surface area contributed by atoms with Crippen LogP contribution in [0, 0.1) is 0 Å². The molecule has 0 aliphatic rings. The molecule has 2 unspecified atom stereocenters. The molecule has 28 heavy (non-hydrogen) atoms. The number of halogens is 3. The van der Waals surface area contributed by atoms with E-state index in [0.717, 1.165) is 0 Å². The van der Waals surface area contributed by atoms with Crippen molar-refractivity contribution in [2.24, 2.45) is 5.73 Å². The van der Waals surface area contributed by atoms with Gasteiger partial charge in [0.1, 0.15) is 12.4 Å². The average molecular weight is 385 g/mol. The lowest BCUT2D eigenvalue weighted by atomic mass is 9.76. The summed E-state index contributed by atoms with van der Waals surface area (Å²) in [5.41, 5.74) is 6.87. The zero-order chi connectivity index (χ0) is 20.0. The molecule has 2 atom stereocenters. The Bertz CT molecular complexity index is 849. The van der Waals surface area contributed by atoms with Crippen LogP contribution in [-0.4, -0.2) is 19.3 Å². The van der Waals surface area contributed by atoms with Crippen LogP contribution in [-0.2, 0) is 0 Å². The van der Waals surface area contributed by atoms with E-state index in [0.29, 0.717) is 30.0 Å². The Morgan fingerprint density at radius 3 is 1.71 bits per heavy atom. The highest BCUT2D eigenvalue weighted by atomic mass is 19.4. The third-order valence-electron chi connectivity index (χ3n) is 4.63. The molecule has 2 nitrogen and oxygen atoms in total. The lowest BCUT2D eigenvalue weighted by Crippen LogP contribution is -2.28. The predicted molar refractivity (Wildman–Crippen MR) is 105 cm³/mol. The third-order valence-corrected chi connectivity index (χ3v) is 4.63. The standard InChI is InChI=1S/C23H22F3NO/c24-23(25,26)22(19-9-5-2-6-10-19)21(17-7-3-1-4-8-17)18-11-13-20(14-12-18)28-16-15-27/h1-14,21-22H,15-16,27H2. The van der Waals surface area contributed by atoms with Crippen molar-refractivity contribution in [2.75, 3.05) is 13.2 Å². The fourth-order valence-electron chi connectivity index (χ4n) is 3.42. The molecule has 2 N–H and O–H groups in total. The second-order valence-corrected chi connectivity index (χ2v) is 6.52. The normalized spacial score (nSPS) is 13.7. The summed E-state index contributed by atoms with van der Waals surface area (Å²) in [4.78, 5) is 0. The van der Waals surface area contributed by atoms with Crippen LogP contribution < -0.4 is 10.5 Å². The van der Waals surface area contributed by atoms with Crippen molar-refractivity contribution in [1.82, 2.24) is 0 Å². The van der Waals surface area contributed by atoms with Crippen LogP contribution in [0.1, 0.15) is 28.5 Å². The van der Waals surface area contributed by atoms with Gasteiger partial charge in [0.2, 0.25) is 0 Å². The van der Waals surface area contributed by atoms with Crippen molar-refractivity contribution < 1.29 is 17.9 Å². The highest BCUT2D eigenvalue weighted by molar-refractivity contribution is 5.41. The number of rotatable bonds is 7. The van der Waals surface area contributed by atoms with Crippen LogP contribution in [0.4, 0.5) is 13.2 Å². The van der Waals surface area contributed by atoms with E-state index in [1.165, 1.54) is 12.1 Å². The summed E-state index contributed by atoms with van der Waals surface area (Å²) in [6.07, 6.45) is -4.41. The fraction of sp³-hybridized carbons (Fsp3) is 0.217. The number of hydrogen-bond donors (Lipinski definition) is 1. The summed E-state index contributed by atoms with van der Waals surface area (Å²) >= 11 is 0. The molecule has 0 amide bonds. The van der Waals surface area contributed by atoms with Gasteiger partial charge in [-0.2, -0.15) is 13.2 Å². The first-order valence-corrected chi connectivity index (χ1v) is 9.10. The van der Waals surface area contributed by atoms with E-state index in [9.17, 15) is 13.2 Å². The topological polar surface area (TPSA) is 35.2 Å². The molecule has 3 aromatic rings. The molecule has 0 aromatic heterocycles. The van der Waals surface area contributed by atoms with Crippen molar-refractivity contribution in [3.63, 3.8) is 0 Å². The molecule has 3 rings (SSSR count). The SMILES string of the molecule is NCCOc1ccc(C(c2ccccc2)C(c2ccccc2)C(F)(F)F)cc1. The average Bonchev–Trinajstić information content (AvgIpc) is 2.71. The summed E-state index contributed by atoms with van der Waals surface area (Å²) in [5.74, 6) is -1.94. The predicted octanol–water partition coefficient (Wildman–Crippen LogP) is 5.50.